The molecular weight excluding hydrogens is 921 g/mol. The highest BCUT2D eigenvalue weighted by atomic mass is 16.3. The van der Waals surface area contributed by atoms with Gasteiger partial charge in [0.05, 0.1) is 27.4 Å². The van der Waals surface area contributed by atoms with Crippen LogP contribution in [0.3, 0.4) is 0 Å². The number of benzene rings is 13. The molecule has 0 fully saturated rings. The average molecular weight is 987 g/mol. The second kappa shape index (κ2) is 17.9. The quantitative estimate of drug-likeness (QED) is 0.142. The molecule has 0 unspecified atom stereocenters. The topological polar surface area (TPSA) is 26.3 Å². The highest BCUT2D eigenvalue weighted by Crippen LogP contribution is 2.49. The van der Waals surface area contributed by atoms with Crippen LogP contribution in [0.25, 0.3) is 154 Å². The molecule has 2 aromatic heterocycles. The Morgan fingerprint density at radius 1 is 0.224 bits per heavy atom. The summed E-state index contributed by atoms with van der Waals surface area (Å²) >= 11 is 0. The predicted octanol–water partition coefficient (Wildman–Crippen LogP) is 21.1. The van der Waals surface area contributed by atoms with Crippen LogP contribution in [0.5, 0.6) is 0 Å². The van der Waals surface area contributed by atoms with Crippen LogP contribution in [0.15, 0.2) is 287 Å². The second-order valence-electron chi connectivity index (χ2n) is 18.4. The van der Waals surface area contributed by atoms with Crippen LogP contribution in [0.4, 0.5) is 0 Å². The van der Waals surface area contributed by atoms with Crippen molar-refractivity contribution in [2.45, 2.75) is 0 Å². The average Bonchev–Trinajstić information content (AvgIpc) is 0.867. The van der Waals surface area contributed by atoms with Crippen molar-refractivity contribution in [2.24, 2.45) is 0 Å². The minimum absolute atomic E-state index is 0.00497. The van der Waals surface area contributed by atoms with Gasteiger partial charge in [0.25, 0.3) is 0 Å². The number of hydrogen-bond acceptors (Lipinski definition) is 2. The van der Waals surface area contributed by atoms with E-state index in [0.29, 0.717) is 110 Å². The van der Waals surface area contributed by atoms with Gasteiger partial charge in [-0.2, -0.15) is 0 Å². The minimum Gasteiger partial charge on any atom is -0.456 e. The molecule has 0 bridgehead atoms. The monoisotopic (exact) mass is 986 g/mol. The molecule has 0 N–H and O–H groups in total. The highest BCUT2D eigenvalue weighted by Gasteiger charge is 2.22. The molecule has 0 amide bonds. The van der Waals surface area contributed by atoms with Crippen LogP contribution in [0.2, 0.25) is 0 Å². The van der Waals surface area contributed by atoms with Gasteiger partial charge in [-0.25, -0.2) is 0 Å². The Kier molecular flexibility index (Phi) is 6.56. The first kappa shape index (κ1) is 27.9. The molecule has 13 aromatic carbocycles. The fourth-order valence-corrected chi connectivity index (χ4v) is 10.9. The maximum atomic E-state index is 9.08. The Hall–Kier alpha value is -10.0. The van der Waals surface area contributed by atoms with E-state index in [1.54, 1.807) is 72.8 Å². The van der Waals surface area contributed by atoms with Gasteiger partial charge in [-0.3, -0.25) is 0 Å². The lowest BCUT2D eigenvalue weighted by Gasteiger charge is -2.20. The first-order chi connectivity index (χ1) is 45.9. The number of furan rings is 2. The highest BCUT2D eigenvalue weighted by molar-refractivity contribution is 6.24. The van der Waals surface area contributed by atoms with Gasteiger partial charge >= 0.3 is 0 Å². The fourth-order valence-electron chi connectivity index (χ4n) is 10.9. The zero-order chi connectivity index (χ0) is 67.5. The SMILES string of the molecule is [2H]c1c([2H])c([2H])c(-c2cccc(-c3c4ccc(-c5cccc6oc7cc(-c8c([2H])c([2H])c([2H])c([2H])c8[2H])ccc7c56)cc4c(-c4cccc(-c5c([2H])c([2H])c([2H])c([2H])c5[2H])c4)c4ccc(-c5cccc6oc7cc(-c8c([2H])c([2H])c([2H])c([2H])c8[2H])ccc7c56)cc34)c2)c([2H])c1[2H]. The summed E-state index contributed by atoms with van der Waals surface area (Å²) in [6.07, 6.45) is 0. The van der Waals surface area contributed by atoms with Crippen LogP contribution >= 0.6 is 0 Å². The van der Waals surface area contributed by atoms with E-state index < -0.39 is 72.5 Å². The van der Waals surface area contributed by atoms with E-state index in [9.17, 15) is 0 Å². The molecule has 2 nitrogen and oxygen atoms in total. The first-order valence-corrected chi connectivity index (χ1v) is 24.4. The molecule has 76 heavy (non-hydrogen) atoms. The lowest BCUT2D eigenvalue weighted by atomic mass is 9.82. The van der Waals surface area contributed by atoms with Gasteiger partial charge in [0.15, 0.2) is 0 Å². The van der Waals surface area contributed by atoms with Crippen molar-refractivity contribution >= 4 is 65.4 Å². The normalized spacial score (nSPS) is 15.4. The van der Waals surface area contributed by atoms with Gasteiger partial charge < -0.3 is 8.83 Å². The van der Waals surface area contributed by atoms with Crippen LogP contribution in [0.1, 0.15) is 27.4 Å². The van der Waals surface area contributed by atoms with Crippen LogP contribution in [-0.4, -0.2) is 0 Å². The van der Waals surface area contributed by atoms with E-state index in [1.807, 2.05) is 84.9 Å². The van der Waals surface area contributed by atoms with Crippen LogP contribution < -0.4 is 0 Å². The van der Waals surface area contributed by atoms with E-state index in [2.05, 4.69) is 0 Å². The Morgan fingerprint density at radius 3 is 0.947 bits per heavy atom. The Morgan fingerprint density at radius 2 is 0.553 bits per heavy atom. The summed E-state index contributed by atoms with van der Waals surface area (Å²) in [6, 6.07) is 39.0. The molecule has 2 heterocycles. The molecule has 0 aliphatic rings. The van der Waals surface area contributed by atoms with Gasteiger partial charge in [-0.15, -0.1) is 0 Å². The molecule has 0 saturated heterocycles. The third-order valence-electron chi connectivity index (χ3n) is 14.2. The Bertz CT molecular complexity index is 5510. The second-order valence-corrected chi connectivity index (χ2v) is 18.4. The number of rotatable bonds is 8. The van der Waals surface area contributed by atoms with Gasteiger partial charge in [-0.05, 0) is 171 Å². The van der Waals surface area contributed by atoms with Crippen molar-refractivity contribution in [3.8, 4) is 89.0 Å². The molecule has 15 rings (SSSR count). The van der Waals surface area contributed by atoms with E-state index in [-0.39, 0.29) is 70.6 Å². The smallest absolute Gasteiger partial charge is 0.136 e. The first-order valence-electron chi connectivity index (χ1n) is 34.4. The minimum atomic E-state index is -0.538. The molecule has 0 radical (unpaired) electrons. The maximum Gasteiger partial charge on any atom is 0.136 e. The van der Waals surface area contributed by atoms with Gasteiger partial charge in [-0.1, -0.05) is 218 Å². The summed E-state index contributed by atoms with van der Waals surface area (Å²) in [6.45, 7) is 0. The van der Waals surface area contributed by atoms with Crippen LogP contribution in [0, 0.1) is 0 Å². The lowest BCUT2D eigenvalue weighted by Crippen LogP contribution is -1.93. The van der Waals surface area contributed by atoms with E-state index in [1.165, 1.54) is 0 Å². The van der Waals surface area contributed by atoms with Crippen molar-refractivity contribution < 1.29 is 36.2 Å². The summed E-state index contributed by atoms with van der Waals surface area (Å²) in [5, 5.41) is 5.51. The zero-order valence-electron chi connectivity index (χ0n) is 59.8. The maximum absolute atomic E-state index is 9.08. The molecule has 354 valence electrons. The summed E-state index contributed by atoms with van der Waals surface area (Å²) in [5.74, 6) is 0. The largest absolute Gasteiger partial charge is 0.456 e. The van der Waals surface area contributed by atoms with Crippen LogP contribution in [-0.2, 0) is 0 Å². The standard InChI is InChI=1S/C74H46O2/c1-5-17-47(18-6-1)51-25-13-27-57(41-51)71-61-37-35-56(60-30-16-32-68-74(60)64-40-34-54(46-70(64)76-68)50-23-11-4-12-24-50)44-66(61)72(58-28-14-26-52(42-58)48-19-7-2-8-20-48)62-38-36-55(43-65(62)71)59-29-15-31-67-73(59)63-39-33-53(45-69(63)75-67)49-21-9-3-10-22-49/h1-46H/i1D,2D,3D,4D,5D,6D,7D,8D,9D,10D,11D,12D,17D,18D,19D,20D,21D,22D,23D,24D. The van der Waals surface area contributed by atoms with Gasteiger partial charge in [0.2, 0.25) is 0 Å². The zero-order valence-corrected chi connectivity index (χ0v) is 39.8. The van der Waals surface area contributed by atoms with Gasteiger partial charge in [0, 0.05) is 21.5 Å². The fraction of sp³-hybridized carbons (Fsp3) is 0. The molecule has 15 aromatic rings. The van der Waals surface area contributed by atoms with E-state index in [0.717, 1.165) is 22.3 Å². The van der Waals surface area contributed by atoms with E-state index in [4.69, 9.17) is 36.2 Å². The van der Waals surface area contributed by atoms with Crippen molar-refractivity contribution in [1.29, 1.82) is 0 Å². The Labute approximate surface area is 468 Å². The molecule has 0 saturated carbocycles. The molecule has 0 atom stereocenters. The summed E-state index contributed by atoms with van der Waals surface area (Å²) < 4.78 is 186. The Balaban J connectivity index is 1.02. The third-order valence-corrected chi connectivity index (χ3v) is 14.2. The molecular formula is C74H46O2. The predicted molar refractivity (Wildman–Crippen MR) is 319 cm³/mol. The van der Waals surface area contributed by atoms with E-state index >= 15 is 0 Å². The number of fused-ring (bicyclic) bond motifs is 8. The van der Waals surface area contributed by atoms with Crippen molar-refractivity contribution in [2.75, 3.05) is 0 Å². The van der Waals surface area contributed by atoms with Crippen molar-refractivity contribution in [1.82, 2.24) is 0 Å². The molecule has 0 spiro atoms. The van der Waals surface area contributed by atoms with Crippen molar-refractivity contribution in [3.63, 3.8) is 0 Å². The lowest BCUT2D eigenvalue weighted by molar-refractivity contribution is 0.669. The summed E-state index contributed by atoms with van der Waals surface area (Å²) in [4.78, 5) is 0. The van der Waals surface area contributed by atoms with Crippen molar-refractivity contribution in [3.05, 3.63) is 279 Å². The molecule has 0 aliphatic heterocycles. The summed E-state index contributed by atoms with van der Waals surface area (Å²) in [5.41, 5.74) is 8.70. The number of hydrogen-bond donors (Lipinski definition) is 0. The molecule has 2 heteroatoms. The molecule has 0 aliphatic carbocycles. The van der Waals surface area contributed by atoms with Gasteiger partial charge in [0.1, 0.15) is 22.3 Å². The summed E-state index contributed by atoms with van der Waals surface area (Å²) in [7, 11) is 0. The third kappa shape index (κ3) is 7.34.